The number of fused-ring (bicyclic) bond motifs is 1. The molecule has 30 heavy (non-hydrogen) atoms. The molecule has 1 unspecified atom stereocenters. The van der Waals surface area contributed by atoms with Crippen molar-refractivity contribution in [2.45, 2.75) is 38.7 Å². The van der Waals surface area contributed by atoms with Crippen molar-refractivity contribution in [3.05, 3.63) is 53.2 Å². The molecule has 0 amide bonds. The van der Waals surface area contributed by atoms with Gasteiger partial charge in [-0.05, 0) is 30.0 Å². The Morgan fingerprint density at radius 2 is 2.00 bits per heavy atom. The topological polar surface area (TPSA) is 103 Å². The fraction of sp³-hybridized carbons (Fsp3) is 0.350. The highest BCUT2D eigenvalue weighted by atomic mass is 19.3. The molecule has 0 saturated carbocycles. The first-order chi connectivity index (χ1) is 14.5. The minimum Gasteiger partial charge on any atom is -0.465 e. The second-order valence-electron chi connectivity index (χ2n) is 6.96. The van der Waals surface area contributed by atoms with Gasteiger partial charge in [0.15, 0.2) is 0 Å². The number of carbonyl (C=O) groups is 1. The zero-order valence-corrected chi connectivity index (χ0v) is 16.1. The number of anilines is 1. The van der Waals surface area contributed by atoms with Crippen molar-refractivity contribution in [1.82, 2.24) is 20.2 Å². The van der Waals surface area contributed by atoms with E-state index >= 15 is 0 Å². The molecular formula is C20H19F2N5O3. The number of carbonyl (C=O) groups excluding carboxylic acids is 1. The Bertz CT molecular complexity index is 1040. The van der Waals surface area contributed by atoms with E-state index in [0.29, 0.717) is 30.2 Å². The van der Waals surface area contributed by atoms with Crippen molar-refractivity contribution in [2.24, 2.45) is 0 Å². The number of ether oxygens (including phenoxy) is 1. The molecule has 0 aliphatic heterocycles. The number of alkyl halides is 2. The van der Waals surface area contributed by atoms with Crippen LogP contribution in [0, 0.1) is 0 Å². The van der Waals surface area contributed by atoms with Crippen LogP contribution in [0.5, 0.6) is 0 Å². The highest BCUT2D eigenvalue weighted by molar-refractivity contribution is 5.65. The predicted molar refractivity (Wildman–Crippen MR) is 102 cm³/mol. The largest absolute Gasteiger partial charge is 0.465 e. The smallest absolute Gasteiger partial charge is 0.302 e. The Morgan fingerprint density at radius 3 is 2.73 bits per heavy atom. The summed E-state index contributed by atoms with van der Waals surface area (Å²) in [4.78, 5) is 19.3. The van der Waals surface area contributed by atoms with Crippen LogP contribution in [0.25, 0.3) is 11.5 Å². The highest BCUT2D eigenvalue weighted by Crippen LogP contribution is 2.29. The fourth-order valence-corrected chi connectivity index (χ4v) is 3.32. The molecule has 1 aliphatic rings. The number of aromatic nitrogens is 4. The number of halogens is 2. The second kappa shape index (κ2) is 8.52. The molecule has 0 fully saturated rings. The Labute approximate surface area is 170 Å². The molecule has 1 N–H and O–H groups in total. The molecular weight excluding hydrogens is 396 g/mol. The van der Waals surface area contributed by atoms with Crippen LogP contribution in [-0.2, 0) is 28.8 Å². The molecule has 1 atom stereocenters. The normalized spacial score (nSPS) is 15.3. The summed E-state index contributed by atoms with van der Waals surface area (Å²) >= 11 is 0. The van der Waals surface area contributed by atoms with E-state index in [4.69, 9.17) is 9.15 Å². The van der Waals surface area contributed by atoms with E-state index in [0.717, 1.165) is 17.5 Å². The third-order valence-electron chi connectivity index (χ3n) is 4.74. The van der Waals surface area contributed by atoms with Crippen LogP contribution in [0.3, 0.4) is 0 Å². The van der Waals surface area contributed by atoms with Gasteiger partial charge < -0.3 is 14.5 Å². The maximum atomic E-state index is 12.9. The Kier molecular flexibility index (Phi) is 5.64. The number of hydrogen-bond donors (Lipinski definition) is 1. The van der Waals surface area contributed by atoms with Gasteiger partial charge in [0.2, 0.25) is 11.8 Å². The summed E-state index contributed by atoms with van der Waals surface area (Å²) in [6.07, 6.45) is 2.34. The van der Waals surface area contributed by atoms with Gasteiger partial charge in [0.05, 0.1) is 12.0 Å². The average molecular weight is 415 g/mol. The SMILES string of the molecule is CC(=O)OCCc1nnc(-c2cnc(NC3Cc4ccc(C(F)F)cc4C3)nc2)o1. The van der Waals surface area contributed by atoms with E-state index in [1.807, 2.05) is 0 Å². The molecule has 1 aromatic carbocycles. The van der Waals surface area contributed by atoms with Gasteiger partial charge in [0.25, 0.3) is 12.3 Å². The van der Waals surface area contributed by atoms with Crippen LogP contribution >= 0.6 is 0 Å². The minimum absolute atomic E-state index is 0.0371. The molecule has 8 nitrogen and oxygen atoms in total. The molecule has 156 valence electrons. The maximum Gasteiger partial charge on any atom is 0.302 e. The molecule has 0 bridgehead atoms. The molecule has 0 saturated heterocycles. The first kappa shape index (κ1) is 19.9. The summed E-state index contributed by atoms with van der Waals surface area (Å²) < 4.78 is 36.1. The Hall–Kier alpha value is -3.43. The highest BCUT2D eigenvalue weighted by Gasteiger charge is 2.23. The van der Waals surface area contributed by atoms with Crippen LogP contribution in [0.2, 0.25) is 0 Å². The number of rotatable bonds is 7. The van der Waals surface area contributed by atoms with E-state index in [9.17, 15) is 13.6 Å². The molecule has 0 spiro atoms. The summed E-state index contributed by atoms with van der Waals surface area (Å²) in [6.45, 7) is 1.50. The molecule has 10 heteroatoms. The van der Waals surface area contributed by atoms with Gasteiger partial charge in [-0.2, -0.15) is 0 Å². The van der Waals surface area contributed by atoms with Crippen molar-refractivity contribution < 1.29 is 22.7 Å². The molecule has 2 aromatic heterocycles. The Morgan fingerprint density at radius 1 is 1.23 bits per heavy atom. The monoisotopic (exact) mass is 415 g/mol. The molecule has 3 aromatic rings. The van der Waals surface area contributed by atoms with E-state index < -0.39 is 6.43 Å². The van der Waals surface area contributed by atoms with Crippen LogP contribution in [0.15, 0.2) is 35.0 Å². The second-order valence-corrected chi connectivity index (χ2v) is 6.96. The summed E-state index contributed by atoms with van der Waals surface area (Å²) in [6, 6.07) is 4.84. The first-order valence-electron chi connectivity index (χ1n) is 9.42. The number of nitrogens with one attached hydrogen (secondary N) is 1. The molecule has 1 aliphatic carbocycles. The van der Waals surface area contributed by atoms with Crippen molar-refractivity contribution >= 4 is 11.9 Å². The lowest BCUT2D eigenvalue weighted by Gasteiger charge is -2.11. The van der Waals surface area contributed by atoms with Gasteiger partial charge in [-0.25, -0.2) is 18.7 Å². The summed E-state index contributed by atoms with van der Waals surface area (Å²) in [5, 5.41) is 11.1. The Balaban J connectivity index is 1.35. The van der Waals surface area contributed by atoms with Crippen LogP contribution in [-0.4, -0.2) is 38.8 Å². The quantitative estimate of drug-likeness (QED) is 0.587. The van der Waals surface area contributed by atoms with Crippen molar-refractivity contribution in [3.63, 3.8) is 0 Å². The fourth-order valence-electron chi connectivity index (χ4n) is 3.32. The number of esters is 1. The molecule has 2 heterocycles. The van der Waals surface area contributed by atoms with Crippen molar-refractivity contribution in [2.75, 3.05) is 11.9 Å². The van der Waals surface area contributed by atoms with Crippen LogP contribution in [0.1, 0.15) is 35.9 Å². The maximum absolute atomic E-state index is 12.9. The van der Waals surface area contributed by atoms with E-state index in [2.05, 4.69) is 25.5 Å². The van der Waals surface area contributed by atoms with Gasteiger partial charge in [-0.3, -0.25) is 4.79 Å². The van der Waals surface area contributed by atoms with E-state index in [1.165, 1.54) is 13.0 Å². The standard InChI is InChI=1S/C20H19F2N5O3/c1-11(28)29-5-4-17-26-27-19(30-17)15-9-23-20(24-10-15)25-16-7-12-2-3-13(18(21)22)6-14(12)8-16/h2-3,6,9-10,16,18H,4-5,7-8H2,1H3,(H,23,24,25). The number of hydrogen-bond acceptors (Lipinski definition) is 8. The van der Waals surface area contributed by atoms with E-state index in [1.54, 1.807) is 24.5 Å². The lowest BCUT2D eigenvalue weighted by Crippen LogP contribution is -2.20. The van der Waals surface area contributed by atoms with Crippen LogP contribution < -0.4 is 5.32 Å². The third-order valence-corrected chi connectivity index (χ3v) is 4.74. The van der Waals surface area contributed by atoms with Gasteiger partial charge in [-0.15, -0.1) is 10.2 Å². The number of nitrogens with zero attached hydrogens (tertiary/aromatic N) is 4. The lowest BCUT2D eigenvalue weighted by atomic mass is 10.1. The zero-order valence-electron chi connectivity index (χ0n) is 16.1. The van der Waals surface area contributed by atoms with Gasteiger partial charge in [0.1, 0.15) is 6.61 Å². The summed E-state index contributed by atoms with van der Waals surface area (Å²) in [5.41, 5.74) is 2.58. The third kappa shape index (κ3) is 4.58. The first-order valence-corrected chi connectivity index (χ1v) is 9.42. The average Bonchev–Trinajstić information content (AvgIpc) is 3.34. The zero-order chi connectivity index (χ0) is 21.1. The van der Waals surface area contributed by atoms with Gasteiger partial charge in [-0.1, -0.05) is 12.1 Å². The van der Waals surface area contributed by atoms with Gasteiger partial charge in [0, 0.05) is 30.9 Å². The van der Waals surface area contributed by atoms with Crippen LogP contribution in [0.4, 0.5) is 14.7 Å². The lowest BCUT2D eigenvalue weighted by molar-refractivity contribution is -0.140. The molecule has 4 rings (SSSR count). The minimum atomic E-state index is -2.47. The van der Waals surface area contributed by atoms with E-state index in [-0.39, 0.29) is 30.1 Å². The van der Waals surface area contributed by atoms with Gasteiger partial charge >= 0.3 is 5.97 Å². The molecule has 0 radical (unpaired) electrons. The van der Waals surface area contributed by atoms with Crippen molar-refractivity contribution in [1.29, 1.82) is 0 Å². The number of benzene rings is 1. The summed E-state index contributed by atoms with van der Waals surface area (Å²) in [5.74, 6) is 0.679. The predicted octanol–water partition coefficient (Wildman–Crippen LogP) is 3.15. The summed E-state index contributed by atoms with van der Waals surface area (Å²) in [7, 11) is 0. The van der Waals surface area contributed by atoms with Crippen molar-refractivity contribution in [3.8, 4) is 11.5 Å².